The van der Waals surface area contributed by atoms with E-state index in [1.165, 1.54) is 16.9 Å². The van der Waals surface area contributed by atoms with E-state index >= 15 is 0 Å². The van der Waals surface area contributed by atoms with E-state index in [2.05, 4.69) is 10.3 Å². The third kappa shape index (κ3) is 1.77. The lowest BCUT2D eigenvalue weighted by Gasteiger charge is -2.03. The standard InChI is InChI=1S/C10H8FN3O2/c11-5-7-6-14(13-12-7)9-4-2-1-3-8(9)10(15)16/h1-4,6H,5H2,(H,15,16). The van der Waals surface area contributed by atoms with E-state index in [1.807, 2.05) is 0 Å². The molecule has 0 saturated heterocycles. The van der Waals surface area contributed by atoms with Crippen molar-refractivity contribution >= 4 is 5.97 Å². The van der Waals surface area contributed by atoms with Gasteiger partial charge < -0.3 is 5.11 Å². The van der Waals surface area contributed by atoms with Gasteiger partial charge in [0, 0.05) is 0 Å². The molecule has 6 heteroatoms. The summed E-state index contributed by atoms with van der Waals surface area (Å²) in [7, 11) is 0. The van der Waals surface area contributed by atoms with Gasteiger partial charge in [0.05, 0.1) is 17.4 Å². The van der Waals surface area contributed by atoms with Gasteiger partial charge in [-0.3, -0.25) is 0 Å². The monoisotopic (exact) mass is 221 g/mol. The Balaban J connectivity index is 2.50. The maximum atomic E-state index is 12.3. The van der Waals surface area contributed by atoms with Crippen molar-refractivity contribution in [2.24, 2.45) is 0 Å². The lowest BCUT2D eigenvalue weighted by Crippen LogP contribution is -2.05. The minimum Gasteiger partial charge on any atom is -0.478 e. The molecule has 2 aromatic rings. The van der Waals surface area contributed by atoms with Crippen LogP contribution in [-0.2, 0) is 6.67 Å². The summed E-state index contributed by atoms with van der Waals surface area (Å²) in [5, 5.41) is 16.2. The summed E-state index contributed by atoms with van der Waals surface area (Å²) >= 11 is 0. The molecular formula is C10H8FN3O2. The van der Waals surface area contributed by atoms with Crippen LogP contribution in [-0.4, -0.2) is 26.1 Å². The highest BCUT2D eigenvalue weighted by Crippen LogP contribution is 2.13. The Labute approximate surface area is 90.1 Å². The second-order valence-corrected chi connectivity index (χ2v) is 3.11. The number of nitrogens with zero attached hydrogens (tertiary/aromatic N) is 3. The third-order valence-electron chi connectivity index (χ3n) is 2.06. The fourth-order valence-corrected chi connectivity index (χ4v) is 1.33. The molecule has 0 spiro atoms. The molecule has 0 radical (unpaired) electrons. The minimum atomic E-state index is -1.06. The van der Waals surface area contributed by atoms with Crippen LogP contribution in [0.25, 0.3) is 5.69 Å². The molecule has 1 aromatic heterocycles. The summed E-state index contributed by atoms with van der Waals surface area (Å²) in [6.07, 6.45) is 1.36. The van der Waals surface area contributed by atoms with E-state index in [-0.39, 0.29) is 11.3 Å². The number of hydrogen-bond donors (Lipinski definition) is 1. The lowest BCUT2D eigenvalue weighted by molar-refractivity contribution is 0.0696. The van der Waals surface area contributed by atoms with Gasteiger partial charge in [0.25, 0.3) is 0 Å². The Morgan fingerprint density at radius 1 is 1.44 bits per heavy atom. The molecule has 0 bridgehead atoms. The van der Waals surface area contributed by atoms with Crippen LogP contribution in [0.3, 0.4) is 0 Å². The van der Waals surface area contributed by atoms with Crippen LogP contribution in [0.1, 0.15) is 16.1 Å². The van der Waals surface area contributed by atoms with E-state index in [9.17, 15) is 9.18 Å². The number of hydrogen-bond acceptors (Lipinski definition) is 3. The molecule has 1 N–H and O–H groups in total. The average Bonchev–Trinajstić information content (AvgIpc) is 2.77. The van der Waals surface area contributed by atoms with Gasteiger partial charge in [-0.2, -0.15) is 0 Å². The summed E-state index contributed by atoms with van der Waals surface area (Å²) in [5.74, 6) is -1.06. The molecular weight excluding hydrogens is 213 g/mol. The largest absolute Gasteiger partial charge is 0.478 e. The topological polar surface area (TPSA) is 68.0 Å². The van der Waals surface area contributed by atoms with Gasteiger partial charge >= 0.3 is 5.97 Å². The molecule has 0 aliphatic heterocycles. The van der Waals surface area contributed by atoms with Crippen LogP contribution in [0, 0.1) is 0 Å². The molecule has 0 atom stereocenters. The van der Waals surface area contributed by atoms with Gasteiger partial charge in [0.1, 0.15) is 12.4 Å². The van der Waals surface area contributed by atoms with Crippen LogP contribution < -0.4 is 0 Å². The quantitative estimate of drug-likeness (QED) is 0.851. The van der Waals surface area contributed by atoms with Crippen LogP contribution in [0.2, 0.25) is 0 Å². The number of carboxylic acids is 1. The molecule has 1 aromatic carbocycles. The van der Waals surface area contributed by atoms with Crippen LogP contribution >= 0.6 is 0 Å². The predicted molar refractivity (Wildman–Crippen MR) is 53.1 cm³/mol. The van der Waals surface area contributed by atoms with E-state index in [0.29, 0.717) is 5.69 Å². The molecule has 5 nitrogen and oxygen atoms in total. The number of carbonyl (C=O) groups is 1. The van der Waals surface area contributed by atoms with E-state index in [0.717, 1.165) is 0 Å². The van der Waals surface area contributed by atoms with Gasteiger partial charge in [-0.05, 0) is 12.1 Å². The van der Waals surface area contributed by atoms with Crippen molar-refractivity contribution in [2.45, 2.75) is 6.67 Å². The Morgan fingerprint density at radius 3 is 2.81 bits per heavy atom. The molecule has 0 unspecified atom stereocenters. The number of benzene rings is 1. The SMILES string of the molecule is O=C(O)c1ccccc1-n1cc(CF)nn1. The average molecular weight is 221 g/mol. The predicted octanol–water partition coefficient (Wildman–Crippen LogP) is 1.43. The number of aromatic nitrogens is 3. The number of alkyl halides is 1. The first-order valence-corrected chi connectivity index (χ1v) is 4.52. The second-order valence-electron chi connectivity index (χ2n) is 3.11. The van der Waals surface area contributed by atoms with Crippen molar-refractivity contribution in [3.05, 3.63) is 41.7 Å². The Hall–Kier alpha value is -2.24. The summed E-state index contributed by atoms with van der Waals surface area (Å²) < 4.78 is 13.5. The molecule has 0 fully saturated rings. The molecule has 0 aliphatic rings. The number of para-hydroxylation sites is 1. The third-order valence-corrected chi connectivity index (χ3v) is 2.06. The van der Waals surface area contributed by atoms with Crippen LogP contribution in [0.15, 0.2) is 30.5 Å². The summed E-state index contributed by atoms with van der Waals surface area (Å²) in [4.78, 5) is 10.9. The normalized spacial score (nSPS) is 10.3. The Morgan fingerprint density at radius 2 is 2.19 bits per heavy atom. The molecule has 2 rings (SSSR count). The first-order valence-electron chi connectivity index (χ1n) is 4.52. The van der Waals surface area contributed by atoms with Gasteiger partial charge in [0.15, 0.2) is 0 Å². The van der Waals surface area contributed by atoms with Crippen molar-refractivity contribution in [2.75, 3.05) is 0 Å². The van der Waals surface area contributed by atoms with Crippen molar-refractivity contribution < 1.29 is 14.3 Å². The van der Waals surface area contributed by atoms with Crippen molar-refractivity contribution in [1.82, 2.24) is 15.0 Å². The summed E-state index contributed by atoms with van der Waals surface area (Å²) in [6, 6.07) is 6.33. The smallest absolute Gasteiger partial charge is 0.337 e. The number of halogens is 1. The highest BCUT2D eigenvalue weighted by molar-refractivity contribution is 5.91. The molecule has 82 valence electrons. The van der Waals surface area contributed by atoms with Gasteiger partial charge in [-0.1, -0.05) is 17.3 Å². The summed E-state index contributed by atoms with van der Waals surface area (Å²) in [5.41, 5.74) is 0.625. The van der Waals surface area contributed by atoms with Gasteiger partial charge in [-0.15, -0.1) is 5.10 Å². The highest BCUT2D eigenvalue weighted by atomic mass is 19.1. The molecule has 0 aliphatic carbocycles. The highest BCUT2D eigenvalue weighted by Gasteiger charge is 2.12. The number of carboxylic acid groups (broad SMARTS) is 1. The van der Waals surface area contributed by atoms with Gasteiger partial charge in [0.2, 0.25) is 0 Å². The zero-order valence-corrected chi connectivity index (χ0v) is 8.17. The van der Waals surface area contributed by atoms with E-state index in [1.54, 1.807) is 18.2 Å². The molecule has 16 heavy (non-hydrogen) atoms. The zero-order chi connectivity index (χ0) is 11.5. The van der Waals surface area contributed by atoms with Crippen molar-refractivity contribution in [3.8, 4) is 5.69 Å². The summed E-state index contributed by atoms with van der Waals surface area (Å²) in [6.45, 7) is -0.727. The lowest BCUT2D eigenvalue weighted by atomic mass is 10.2. The number of rotatable bonds is 3. The van der Waals surface area contributed by atoms with E-state index < -0.39 is 12.6 Å². The molecule has 0 amide bonds. The zero-order valence-electron chi connectivity index (χ0n) is 8.17. The fourth-order valence-electron chi connectivity index (χ4n) is 1.33. The van der Waals surface area contributed by atoms with E-state index in [4.69, 9.17) is 5.11 Å². The Bertz CT molecular complexity index is 524. The minimum absolute atomic E-state index is 0.0952. The van der Waals surface area contributed by atoms with Crippen molar-refractivity contribution in [1.29, 1.82) is 0 Å². The molecule has 0 saturated carbocycles. The Kier molecular flexibility index (Phi) is 2.63. The van der Waals surface area contributed by atoms with Crippen LogP contribution in [0.5, 0.6) is 0 Å². The first kappa shape index (κ1) is 10.3. The second kappa shape index (κ2) is 4.09. The maximum Gasteiger partial charge on any atom is 0.337 e. The number of aromatic carboxylic acids is 1. The van der Waals surface area contributed by atoms with Crippen molar-refractivity contribution in [3.63, 3.8) is 0 Å². The van der Waals surface area contributed by atoms with Crippen LogP contribution in [0.4, 0.5) is 4.39 Å². The maximum absolute atomic E-state index is 12.3. The van der Waals surface area contributed by atoms with Gasteiger partial charge in [-0.25, -0.2) is 13.9 Å². The molecule has 1 heterocycles. The first-order chi connectivity index (χ1) is 7.72. The fraction of sp³-hybridized carbons (Fsp3) is 0.100.